The zero-order chi connectivity index (χ0) is 12.7. The zero-order valence-electron chi connectivity index (χ0n) is 10.3. The molecule has 2 heterocycles. The summed E-state index contributed by atoms with van der Waals surface area (Å²) in [5.41, 5.74) is 8.69. The van der Waals surface area contributed by atoms with Crippen LogP contribution in [0.15, 0.2) is 30.5 Å². The predicted molar refractivity (Wildman–Crippen MR) is 71.5 cm³/mol. The maximum atomic E-state index is 5.66. The summed E-state index contributed by atoms with van der Waals surface area (Å²) in [6, 6.07) is 7.81. The number of methoxy groups -OCH3 is 1. The third kappa shape index (κ3) is 1.44. The molecular weight excluding hydrogens is 228 g/mol. The van der Waals surface area contributed by atoms with E-state index in [0.717, 1.165) is 27.9 Å². The third-order valence-electron chi connectivity index (χ3n) is 3.08. The normalized spacial score (nSPS) is 11.0. The van der Waals surface area contributed by atoms with Crippen LogP contribution in [-0.4, -0.2) is 21.9 Å². The summed E-state index contributed by atoms with van der Waals surface area (Å²) in [5.74, 6) is 1.33. The first-order chi connectivity index (χ1) is 8.70. The van der Waals surface area contributed by atoms with Crippen molar-refractivity contribution in [3.8, 4) is 17.0 Å². The lowest BCUT2D eigenvalue weighted by molar-refractivity contribution is 0.420. The first-order valence-corrected chi connectivity index (χ1v) is 5.64. The Kier molecular flexibility index (Phi) is 2.26. The van der Waals surface area contributed by atoms with Crippen LogP contribution in [0.5, 0.6) is 5.75 Å². The van der Waals surface area contributed by atoms with Crippen molar-refractivity contribution < 1.29 is 4.74 Å². The molecule has 3 rings (SSSR count). The number of nitrogens with two attached hydrogens (primary N) is 1. The van der Waals surface area contributed by atoms with E-state index in [-0.39, 0.29) is 0 Å². The number of benzene rings is 1. The second kappa shape index (κ2) is 3.80. The number of nitrogens with one attached hydrogen (secondary N) is 1. The van der Waals surface area contributed by atoms with Gasteiger partial charge in [-0.05, 0) is 12.1 Å². The molecule has 0 amide bonds. The number of aromatic nitrogens is 3. The Hall–Kier alpha value is -2.43. The monoisotopic (exact) mass is 242 g/mol. The summed E-state index contributed by atoms with van der Waals surface area (Å²) in [7, 11) is 3.68. The van der Waals surface area contributed by atoms with Crippen molar-refractivity contribution in [2.75, 3.05) is 12.8 Å². The molecule has 3 aromatic rings. The van der Waals surface area contributed by atoms with Gasteiger partial charge in [0.25, 0.3) is 0 Å². The minimum atomic E-state index is 0.483. The first-order valence-electron chi connectivity index (χ1n) is 5.64. The van der Waals surface area contributed by atoms with Crippen LogP contribution in [0.2, 0.25) is 0 Å². The van der Waals surface area contributed by atoms with Gasteiger partial charge in [-0.2, -0.15) is 5.10 Å². The second-order valence-corrected chi connectivity index (χ2v) is 4.21. The molecule has 0 saturated heterocycles. The molecule has 92 valence electrons. The lowest BCUT2D eigenvalue weighted by Gasteiger charge is -2.03. The minimum Gasteiger partial charge on any atom is -0.496 e. The molecule has 0 saturated carbocycles. The fourth-order valence-electron chi connectivity index (χ4n) is 2.26. The van der Waals surface area contributed by atoms with Gasteiger partial charge in [-0.3, -0.25) is 5.10 Å². The van der Waals surface area contributed by atoms with Crippen molar-refractivity contribution in [1.29, 1.82) is 0 Å². The molecule has 3 N–H and O–H groups in total. The highest BCUT2D eigenvalue weighted by Crippen LogP contribution is 2.35. The van der Waals surface area contributed by atoms with Gasteiger partial charge in [0.05, 0.1) is 23.7 Å². The number of anilines is 1. The minimum absolute atomic E-state index is 0.483. The van der Waals surface area contributed by atoms with Gasteiger partial charge in [0.2, 0.25) is 0 Å². The molecule has 0 aliphatic heterocycles. The summed E-state index contributed by atoms with van der Waals surface area (Å²) in [5, 5.41) is 7.96. The van der Waals surface area contributed by atoms with Crippen molar-refractivity contribution in [1.82, 2.24) is 14.8 Å². The Balaban J connectivity index is 2.35. The van der Waals surface area contributed by atoms with Gasteiger partial charge in [-0.15, -0.1) is 0 Å². The molecule has 5 heteroatoms. The highest BCUT2D eigenvalue weighted by Gasteiger charge is 2.14. The molecule has 5 nitrogen and oxygen atoms in total. The summed E-state index contributed by atoms with van der Waals surface area (Å²) >= 11 is 0. The van der Waals surface area contributed by atoms with Gasteiger partial charge in [0.15, 0.2) is 0 Å². The van der Waals surface area contributed by atoms with Crippen LogP contribution in [0.1, 0.15) is 0 Å². The van der Waals surface area contributed by atoms with Gasteiger partial charge in [-0.1, -0.05) is 6.07 Å². The lowest BCUT2D eigenvalue weighted by atomic mass is 10.1. The van der Waals surface area contributed by atoms with Gasteiger partial charge >= 0.3 is 0 Å². The third-order valence-corrected chi connectivity index (χ3v) is 3.08. The first kappa shape index (κ1) is 10.7. The zero-order valence-corrected chi connectivity index (χ0v) is 10.3. The van der Waals surface area contributed by atoms with Gasteiger partial charge in [0, 0.05) is 24.9 Å². The van der Waals surface area contributed by atoms with E-state index in [0.29, 0.717) is 5.82 Å². The van der Waals surface area contributed by atoms with E-state index in [4.69, 9.17) is 10.5 Å². The average molecular weight is 242 g/mol. The molecule has 0 radical (unpaired) electrons. The Morgan fingerprint density at radius 2 is 2.22 bits per heavy atom. The number of aromatic amines is 1. The molecule has 0 unspecified atom stereocenters. The van der Waals surface area contributed by atoms with Crippen LogP contribution < -0.4 is 10.5 Å². The van der Waals surface area contributed by atoms with Gasteiger partial charge < -0.3 is 15.0 Å². The highest BCUT2D eigenvalue weighted by atomic mass is 16.5. The molecule has 0 bridgehead atoms. The Morgan fingerprint density at radius 1 is 1.39 bits per heavy atom. The second-order valence-electron chi connectivity index (χ2n) is 4.21. The van der Waals surface area contributed by atoms with Crippen molar-refractivity contribution in [2.24, 2.45) is 7.05 Å². The van der Waals surface area contributed by atoms with Crippen molar-refractivity contribution in [2.45, 2.75) is 0 Å². The van der Waals surface area contributed by atoms with Gasteiger partial charge in [0.1, 0.15) is 11.6 Å². The quantitative estimate of drug-likeness (QED) is 0.723. The van der Waals surface area contributed by atoms with E-state index < -0.39 is 0 Å². The SMILES string of the molecule is COc1cccc2c1c(-c1cc(N)n[nH]1)cn2C. The smallest absolute Gasteiger partial charge is 0.145 e. The largest absolute Gasteiger partial charge is 0.496 e. The number of hydrogen-bond donors (Lipinski definition) is 2. The standard InChI is InChI=1S/C13H14N4O/c1-17-7-8(9-6-12(14)16-15-9)13-10(17)4-3-5-11(13)18-2/h3-7H,1-2H3,(H3,14,15,16). The van der Waals surface area contributed by atoms with Crippen LogP contribution >= 0.6 is 0 Å². The highest BCUT2D eigenvalue weighted by molar-refractivity contribution is 5.99. The Labute approximate surface area is 104 Å². The van der Waals surface area contributed by atoms with Gasteiger partial charge in [-0.25, -0.2) is 0 Å². The van der Waals surface area contributed by atoms with E-state index in [1.54, 1.807) is 7.11 Å². The maximum Gasteiger partial charge on any atom is 0.145 e. The van der Waals surface area contributed by atoms with Crippen LogP contribution in [0, 0.1) is 0 Å². The number of rotatable bonds is 2. The number of ether oxygens (including phenoxy) is 1. The summed E-state index contributed by atoms with van der Waals surface area (Å²) < 4.78 is 7.49. The number of nitrogens with zero attached hydrogens (tertiary/aromatic N) is 2. The van der Waals surface area contributed by atoms with E-state index in [9.17, 15) is 0 Å². The number of aryl methyl sites for hydroxylation is 1. The van der Waals surface area contributed by atoms with E-state index >= 15 is 0 Å². The summed E-state index contributed by atoms with van der Waals surface area (Å²) in [6.45, 7) is 0. The van der Waals surface area contributed by atoms with Crippen molar-refractivity contribution >= 4 is 16.7 Å². The van der Waals surface area contributed by atoms with E-state index in [2.05, 4.69) is 20.8 Å². The number of H-pyrrole nitrogens is 1. The topological polar surface area (TPSA) is 68.9 Å². The molecule has 2 aromatic heterocycles. The summed E-state index contributed by atoms with van der Waals surface area (Å²) in [4.78, 5) is 0. The molecule has 1 aromatic carbocycles. The molecule has 0 spiro atoms. The fraction of sp³-hybridized carbons (Fsp3) is 0.154. The fourth-order valence-corrected chi connectivity index (χ4v) is 2.26. The number of fused-ring (bicyclic) bond motifs is 1. The van der Waals surface area contributed by atoms with E-state index in [1.165, 1.54) is 0 Å². The maximum absolute atomic E-state index is 5.66. The lowest BCUT2D eigenvalue weighted by Crippen LogP contribution is -1.86. The Morgan fingerprint density at radius 3 is 2.89 bits per heavy atom. The number of nitrogen functional groups attached to an aromatic ring is 1. The number of hydrogen-bond acceptors (Lipinski definition) is 3. The van der Waals surface area contributed by atoms with Crippen molar-refractivity contribution in [3.05, 3.63) is 30.5 Å². The molecular formula is C13H14N4O. The molecule has 0 fully saturated rings. The summed E-state index contributed by atoms with van der Waals surface area (Å²) in [6.07, 6.45) is 2.04. The van der Waals surface area contributed by atoms with Crippen LogP contribution in [0.3, 0.4) is 0 Å². The van der Waals surface area contributed by atoms with Crippen LogP contribution in [0.4, 0.5) is 5.82 Å². The van der Waals surface area contributed by atoms with Crippen LogP contribution in [-0.2, 0) is 7.05 Å². The van der Waals surface area contributed by atoms with Crippen molar-refractivity contribution in [3.63, 3.8) is 0 Å². The molecule has 0 aliphatic rings. The van der Waals surface area contributed by atoms with Crippen LogP contribution in [0.25, 0.3) is 22.2 Å². The van der Waals surface area contributed by atoms with E-state index in [1.807, 2.05) is 31.4 Å². The average Bonchev–Trinajstić information content (AvgIpc) is 2.94. The molecule has 0 atom stereocenters. The predicted octanol–water partition coefficient (Wildman–Crippen LogP) is 2.16. The Bertz CT molecular complexity index is 711. The molecule has 0 aliphatic carbocycles. The molecule has 18 heavy (non-hydrogen) atoms.